The Morgan fingerprint density at radius 3 is 2.86 bits per heavy atom. The predicted molar refractivity (Wildman–Crippen MR) is 50.9 cm³/mol. The first kappa shape index (κ1) is 8.96. The molecule has 1 aromatic rings. The molecule has 1 aliphatic heterocycles. The minimum atomic E-state index is -0.0260. The molecule has 5 nitrogen and oxygen atoms in total. The molecular weight excluding hydrogens is 182 g/mol. The normalized spacial score (nSPS) is 16.0. The monoisotopic (exact) mass is 193 g/mol. The van der Waals surface area contributed by atoms with E-state index in [1.807, 2.05) is 0 Å². The third-order valence-electron chi connectivity index (χ3n) is 2.15. The third-order valence-corrected chi connectivity index (χ3v) is 2.15. The first-order valence-corrected chi connectivity index (χ1v) is 4.42. The van der Waals surface area contributed by atoms with Crippen LogP contribution in [0.3, 0.4) is 0 Å². The number of nitrogens with zero attached hydrogens (tertiary/aromatic N) is 1. The highest BCUT2D eigenvalue weighted by Gasteiger charge is 2.24. The van der Waals surface area contributed by atoms with E-state index >= 15 is 0 Å². The van der Waals surface area contributed by atoms with E-state index in [0.29, 0.717) is 5.82 Å². The molecule has 0 spiro atoms. The standard InChI is InChI=1S/C9H11N3O2/c13-7-1-2-8(11-5-7)12-9(14)6-3-10-4-6/h1-2,5-6,10,13H,3-4H2,(H,11,12,14). The molecule has 2 rings (SSSR count). The topological polar surface area (TPSA) is 74.2 Å². The van der Waals surface area contributed by atoms with E-state index in [0.717, 1.165) is 13.1 Å². The maximum atomic E-state index is 11.4. The minimum Gasteiger partial charge on any atom is -0.506 e. The van der Waals surface area contributed by atoms with Crippen molar-refractivity contribution in [2.75, 3.05) is 18.4 Å². The van der Waals surface area contributed by atoms with Crippen LogP contribution < -0.4 is 10.6 Å². The molecule has 14 heavy (non-hydrogen) atoms. The van der Waals surface area contributed by atoms with Crippen LogP contribution in [0, 0.1) is 5.92 Å². The Labute approximate surface area is 81.2 Å². The summed E-state index contributed by atoms with van der Waals surface area (Å²) in [6.45, 7) is 1.45. The van der Waals surface area contributed by atoms with Crippen LogP contribution in [-0.2, 0) is 4.79 Å². The summed E-state index contributed by atoms with van der Waals surface area (Å²) in [4.78, 5) is 15.3. The van der Waals surface area contributed by atoms with Gasteiger partial charge >= 0.3 is 0 Å². The van der Waals surface area contributed by atoms with Gasteiger partial charge in [0.25, 0.3) is 0 Å². The van der Waals surface area contributed by atoms with Crippen molar-refractivity contribution in [3.8, 4) is 5.75 Å². The Kier molecular flexibility index (Phi) is 2.32. The van der Waals surface area contributed by atoms with Gasteiger partial charge < -0.3 is 15.7 Å². The van der Waals surface area contributed by atoms with Crippen LogP contribution in [0.15, 0.2) is 18.3 Å². The fourth-order valence-corrected chi connectivity index (χ4v) is 1.16. The summed E-state index contributed by atoms with van der Waals surface area (Å²) in [5.74, 6) is 0.584. The number of anilines is 1. The first-order chi connectivity index (χ1) is 6.75. The maximum absolute atomic E-state index is 11.4. The van der Waals surface area contributed by atoms with Crippen molar-refractivity contribution in [1.29, 1.82) is 0 Å². The number of hydrogen-bond donors (Lipinski definition) is 3. The number of amides is 1. The number of hydrogen-bond acceptors (Lipinski definition) is 4. The van der Waals surface area contributed by atoms with Crippen LogP contribution in [0.4, 0.5) is 5.82 Å². The van der Waals surface area contributed by atoms with Gasteiger partial charge in [0.1, 0.15) is 11.6 Å². The van der Waals surface area contributed by atoms with Gasteiger partial charge in [0.15, 0.2) is 0 Å². The van der Waals surface area contributed by atoms with E-state index < -0.39 is 0 Å². The van der Waals surface area contributed by atoms with Gasteiger partial charge in [-0.15, -0.1) is 0 Å². The van der Waals surface area contributed by atoms with Gasteiger partial charge in [-0.3, -0.25) is 4.79 Å². The number of carbonyl (C=O) groups excluding carboxylic acids is 1. The van der Waals surface area contributed by atoms with Gasteiger partial charge in [0.2, 0.25) is 5.91 Å². The molecule has 0 bridgehead atoms. The number of rotatable bonds is 2. The summed E-state index contributed by atoms with van der Waals surface area (Å²) in [5, 5.41) is 14.7. The second-order valence-electron chi connectivity index (χ2n) is 3.25. The van der Waals surface area contributed by atoms with Gasteiger partial charge in [-0.1, -0.05) is 0 Å². The van der Waals surface area contributed by atoms with E-state index in [1.165, 1.54) is 12.3 Å². The molecule has 1 aromatic heterocycles. The first-order valence-electron chi connectivity index (χ1n) is 4.42. The maximum Gasteiger partial charge on any atom is 0.231 e. The Morgan fingerprint density at radius 1 is 1.57 bits per heavy atom. The smallest absolute Gasteiger partial charge is 0.231 e. The van der Waals surface area contributed by atoms with E-state index in [-0.39, 0.29) is 17.6 Å². The Hall–Kier alpha value is -1.62. The molecule has 1 fully saturated rings. The Morgan fingerprint density at radius 2 is 2.36 bits per heavy atom. The summed E-state index contributed by atoms with van der Waals surface area (Å²) in [6, 6.07) is 3.06. The summed E-state index contributed by atoms with van der Waals surface area (Å²) in [5.41, 5.74) is 0. The van der Waals surface area contributed by atoms with Gasteiger partial charge in [-0.25, -0.2) is 4.98 Å². The van der Waals surface area contributed by atoms with Crippen LogP contribution in [0.25, 0.3) is 0 Å². The summed E-state index contributed by atoms with van der Waals surface area (Å²) < 4.78 is 0. The second kappa shape index (κ2) is 3.63. The van der Waals surface area contributed by atoms with Gasteiger partial charge in [0.05, 0.1) is 12.1 Å². The van der Waals surface area contributed by atoms with Crippen LogP contribution in [0.1, 0.15) is 0 Å². The molecule has 74 valence electrons. The average molecular weight is 193 g/mol. The van der Waals surface area contributed by atoms with E-state index in [1.54, 1.807) is 6.07 Å². The van der Waals surface area contributed by atoms with Crippen molar-refractivity contribution < 1.29 is 9.90 Å². The lowest BCUT2D eigenvalue weighted by Gasteiger charge is -2.25. The molecule has 1 aliphatic rings. The van der Waals surface area contributed by atoms with E-state index in [4.69, 9.17) is 5.11 Å². The summed E-state index contributed by atoms with van der Waals surface area (Å²) in [7, 11) is 0. The van der Waals surface area contributed by atoms with Crippen molar-refractivity contribution in [3.05, 3.63) is 18.3 Å². The Bertz CT molecular complexity index is 332. The van der Waals surface area contributed by atoms with Crippen molar-refractivity contribution >= 4 is 11.7 Å². The van der Waals surface area contributed by atoms with Crippen LogP contribution in [-0.4, -0.2) is 29.1 Å². The number of aromatic hydroxyl groups is 1. The van der Waals surface area contributed by atoms with Gasteiger partial charge in [-0.05, 0) is 12.1 Å². The average Bonchev–Trinajstić information content (AvgIpc) is 2.06. The fourth-order valence-electron chi connectivity index (χ4n) is 1.16. The minimum absolute atomic E-state index is 0.0260. The highest BCUT2D eigenvalue weighted by molar-refractivity contribution is 5.92. The molecule has 5 heteroatoms. The van der Waals surface area contributed by atoms with Gasteiger partial charge in [-0.2, -0.15) is 0 Å². The van der Waals surface area contributed by atoms with Crippen molar-refractivity contribution in [1.82, 2.24) is 10.3 Å². The number of pyridine rings is 1. The molecule has 0 radical (unpaired) electrons. The summed E-state index contributed by atoms with van der Waals surface area (Å²) >= 11 is 0. The van der Waals surface area contributed by atoms with Crippen molar-refractivity contribution in [3.63, 3.8) is 0 Å². The molecule has 0 saturated carbocycles. The number of aromatic nitrogens is 1. The molecule has 3 N–H and O–H groups in total. The van der Waals surface area contributed by atoms with Crippen LogP contribution >= 0.6 is 0 Å². The number of carbonyl (C=O) groups is 1. The zero-order valence-corrected chi connectivity index (χ0v) is 7.53. The zero-order chi connectivity index (χ0) is 9.97. The molecule has 0 aliphatic carbocycles. The van der Waals surface area contributed by atoms with Crippen LogP contribution in [0.5, 0.6) is 5.75 Å². The zero-order valence-electron chi connectivity index (χ0n) is 7.53. The lowest BCUT2D eigenvalue weighted by Crippen LogP contribution is -2.48. The highest BCUT2D eigenvalue weighted by atomic mass is 16.3. The Balaban J connectivity index is 1.96. The van der Waals surface area contributed by atoms with E-state index in [9.17, 15) is 4.79 Å². The van der Waals surface area contributed by atoms with Gasteiger partial charge in [0, 0.05) is 13.1 Å². The number of nitrogens with one attached hydrogen (secondary N) is 2. The largest absolute Gasteiger partial charge is 0.506 e. The molecule has 1 saturated heterocycles. The molecule has 0 atom stereocenters. The van der Waals surface area contributed by atoms with Crippen molar-refractivity contribution in [2.24, 2.45) is 5.92 Å². The fraction of sp³-hybridized carbons (Fsp3) is 0.333. The van der Waals surface area contributed by atoms with Crippen molar-refractivity contribution in [2.45, 2.75) is 0 Å². The van der Waals surface area contributed by atoms with Crippen LogP contribution in [0.2, 0.25) is 0 Å². The third kappa shape index (κ3) is 1.82. The lowest BCUT2D eigenvalue weighted by atomic mass is 10.0. The summed E-state index contributed by atoms with van der Waals surface area (Å²) in [6.07, 6.45) is 1.30. The molecule has 1 amide bonds. The molecule has 0 aromatic carbocycles. The second-order valence-corrected chi connectivity index (χ2v) is 3.25. The lowest BCUT2D eigenvalue weighted by molar-refractivity contribution is -0.121. The SMILES string of the molecule is O=C(Nc1ccc(O)cn1)C1CNC1. The van der Waals surface area contributed by atoms with E-state index in [2.05, 4.69) is 15.6 Å². The molecular formula is C9H11N3O2. The quantitative estimate of drug-likeness (QED) is 0.615. The molecule has 2 heterocycles. The predicted octanol–water partition coefficient (Wildman–Crippen LogP) is -0.0549. The highest BCUT2D eigenvalue weighted by Crippen LogP contribution is 2.11. The molecule has 0 unspecified atom stereocenters.